The molecule has 0 N–H and O–H groups in total. The molecule has 0 saturated heterocycles. The molecule has 0 radical (unpaired) electrons. The van der Waals surface area contributed by atoms with E-state index in [9.17, 15) is 0 Å². The molecule has 4 unspecified atom stereocenters. The Morgan fingerprint density at radius 1 is 0.762 bits per heavy atom. The van der Waals surface area contributed by atoms with Crippen LogP contribution in [0.1, 0.15) is 74.8 Å². The summed E-state index contributed by atoms with van der Waals surface area (Å²) < 4.78 is 0. The molecule has 116 valence electrons. The van der Waals surface area contributed by atoms with Gasteiger partial charge in [-0.3, -0.25) is 0 Å². The minimum Gasteiger partial charge on any atom is -0.0890 e. The summed E-state index contributed by atoms with van der Waals surface area (Å²) in [4.78, 5) is 1.33. The van der Waals surface area contributed by atoms with Crippen LogP contribution in [0.2, 0.25) is 0 Å². The van der Waals surface area contributed by atoms with Crippen LogP contribution in [0, 0.1) is 5.92 Å². The molecule has 0 bridgehead atoms. The van der Waals surface area contributed by atoms with E-state index in [0.29, 0.717) is 15.6 Å². The second-order valence-electron chi connectivity index (χ2n) is 7.23. The second-order valence-corrected chi connectivity index (χ2v) is 9.82. The summed E-state index contributed by atoms with van der Waals surface area (Å²) in [5, 5.41) is 0. The predicted octanol–water partition coefficient (Wildman–Crippen LogP) is 6.77. The van der Waals surface area contributed by atoms with Gasteiger partial charge in [-0.1, -0.05) is 75.9 Å². The number of rotatable bonds is 2. The molecule has 2 aliphatic rings. The van der Waals surface area contributed by atoms with Crippen LogP contribution in [0.4, 0.5) is 0 Å². The maximum absolute atomic E-state index is 3.82. The number of benzene rings is 1. The standard InChI is InChI=1S/C19H26Br2/c1-13-3-2-4-16(9-13)14-5-7-15(8-6-14)17-10-18(20)12-19(21)11-17/h5-8,13,16-19H,2-4,9-12H2,1H3/t13?,16?,17?,18-,19?/m1/s1. The SMILES string of the molecule is CC1CCCC(c2ccc(C3CC(Br)C[C@H](Br)C3)cc2)C1. The Balaban J connectivity index is 1.69. The van der Waals surface area contributed by atoms with Crippen LogP contribution in [0.25, 0.3) is 0 Å². The largest absolute Gasteiger partial charge is 0.0890 e. The van der Waals surface area contributed by atoms with Crippen LogP contribution in [0.5, 0.6) is 0 Å². The quantitative estimate of drug-likeness (QED) is 0.469. The van der Waals surface area contributed by atoms with Gasteiger partial charge in [-0.15, -0.1) is 0 Å². The molecular formula is C19H26Br2. The van der Waals surface area contributed by atoms with Gasteiger partial charge < -0.3 is 0 Å². The lowest BCUT2D eigenvalue weighted by atomic mass is 9.78. The van der Waals surface area contributed by atoms with Gasteiger partial charge in [0.15, 0.2) is 0 Å². The first-order valence-corrected chi connectivity index (χ1v) is 10.3. The smallest absolute Gasteiger partial charge is 0.0162 e. The Kier molecular flexibility index (Phi) is 5.48. The van der Waals surface area contributed by atoms with Crippen molar-refractivity contribution in [3.05, 3.63) is 35.4 Å². The van der Waals surface area contributed by atoms with Crippen LogP contribution in [0.3, 0.4) is 0 Å². The van der Waals surface area contributed by atoms with Crippen molar-refractivity contribution in [2.45, 2.75) is 73.4 Å². The summed E-state index contributed by atoms with van der Waals surface area (Å²) in [5.41, 5.74) is 3.11. The zero-order valence-electron chi connectivity index (χ0n) is 12.9. The molecule has 0 nitrogen and oxygen atoms in total. The maximum atomic E-state index is 3.82. The molecule has 1 aromatic rings. The molecule has 2 heteroatoms. The van der Waals surface area contributed by atoms with E-state index < -0.39 is 0 Å². The Bertz CT molecular complexity index is 443. The van der Waals surface area contributed by atoms with Crippen molar-refractivity contribution in [2.24, 2.45) is 5.92 Å². The number of hydrogen-bond donors (Lipinski definition) is 0. The fraction of sp³-hybridized carbons (Fsp3) is 0.684. The molecule has 0 aliphatic heterocycles. The van der Waals surface area contributed by atoms with Crippen molar-refractivity contribution in [3.8, 4) is 0 Å². The lowest BCUT2D eigenvalue weighted by molar-refractivity contribution is 0.344. The molecule has 2 aliphatic carbocycles. The molecule has 2 fully saturated rings. The van der Waals surface area contributed by atoms with Gasteiger partial charge in [-0.2, -0.15) is 0 Å². The van der Waals surface area contributed by atoms with E-state index >= 15 is 0 Å². The Morgan fingerprint density at radius 3 is 1.90 bits per heavy atom. The van der Waals surface area contributed by atoms with Crippen molar-refractivity contribution in [1.29, 1.82) is 0 Å². The van der Waals surface area contributed by atoms with Crippen molar-refractivity contribution in [2.75, 3.05) is 0 Å². The van der Waals surface area contributed by atoms with Gasteiger partial charge in [0.25, 0.3) is 0 Å². The summed E-state index contributed by atoms with van der Waals surface area (Å²) in [6, 6.07) is 9.65. The Morgan fingerprint density at radius 2 is 1.33 bits per heavy atom. The van der Waals surface area contributed by atoms with Crippen LogP contribution >= 0.6 is 31.9 Å². The molecule has 0 spiro atoms. The topological polar surface area (TPSA) is 0 Å². The zero-order chi connectivity index (χ0) is 14.8. The molecule has 1 aromatic carbocycles. The third-order valence-electron chi connectivity index (χ3n) is 5.41. The van der Waals surface area contributed by atoms with Gasteiger partial charge in [0.05, 0.1) is 0 Å². The number of halogens is 2. The van der Waals surface area contributed by atoms with E-state index in [-0.39, 0.29) is 0 Å². The molecule has 0 aromatic heterocycles. The molecule has 0 heterocycles. The van der Waals surface area contributed by atoms with E-state index in [4.69, 9.17) is 0 Å². The van der Waals surface area contributed by atoms with E-state index in [1.54, 1.807) is 5.56 Å². The number of alkyl halides is 2. The highest BCUT2D eigenvalue weighted by atomic mass is 79.9. The van der Waals surface area contributed by atoms with Crippen LogP contribution in [-0.4, -0.2) is 9.65 Å². The zero-order valence-corrected chi connectivity index (χ0v) is 16.1. The van der Waals surface area contributed by atoms with Gasteiger partial charge in [0.2, 0.25) is 0 Å². The Hall–Kier alpha value is 0.180. The fourth-order valence-electron chi connectivity index (χ4n) is 4.23. The lowest BCUT2D eigenvalue weighted by Gasteiger charge is -2.30. The third kappa shape index (κ3) is 4.13. The number of hydrogen-bond acceptors (Lipinski definition) is 0. The molecule has 21 heavy (non-hydrogen) atoms. The molecule has 0 amide bonds. The highest BCUT2D eigenvalue weighted by Crippen LogP contribution is 2.40. The predicted molar refractivity (Wildman–Crippen MR) is 98.8 cm³/mol. The summed E-state index contributed by atoms with van der Waals surface area (Å²) in [6.07, 6.45) is 9.43. The summed E-state index contributed by atoms with van der Waals surface area (Å²) in [7, 11) is 0. The van der Waals surface area contributed by atoms with Crippen LogP contribution in [-0.2, 0) is 0 Å². The average Bonchev–Trinajstić information content (AvgIpc) is 2.46. The van der Waals surface area contributed by atoms with E-state index in [0.717, 1.165) is 11.8 Å². The maximum Gasteiger partial charge on any atom is 0.0162 e. The van der Waals surface area contributed by atoms with Gasteiger partial charge in [-0.05, 0) is 61.0 Å². The highest BCUT2D eigenvalue weighted by molar-refractivity contribution is 9.10. The van der Waals surface area contributed by atoms with Crippen LogP contribution < -0.4 is 0 Å². The molecular weight excluding hydrogens is 388 g/mol. The first kappa shape index (κ1) is 16.1. The summed E-state index contributed by atoms with van der Waals surface area (Å²) >= 11 is 7.64. The van der Waals surface area contributed by atoms with E-state index in [1.165, 1.54) is 50.5 Å². The third-order valence-corrected chi connectivity index (χ3v) is 6.90. The normalized spacial score (nSPS) is 37.4. The van der Waals surface area contributed by atoms with Gasteiger partial charge >= 0.3 is 0 Å². The highest BCUT2D eigenvalue weighted by Gasteiger charge is 2.27. The first-order valence-electron chi connectivity index (χ1n) is 8.49. The van der Waals surface area contributed by atoms with Gasteiger partial charge in [0.1, 0.15) is 0 Å². The molecule has 2 saturated carbocycles. The minimum atomic E-state index is 0.666. The fourth-order valence-corrected chi connectivity index (χ4v) is 6.54. The Labute approximate surface area is 146 Å². The molecule has 5 atom stereocenters. The van der Waals surface area contributed by atoms with Crippen molar-refractivity contribution < 1.29 is 0 Å². The van der Waals surface area contributed by atoms with E-state index in [1.807, 2.05) is 0 Å². The van der Waals surface area contributed by atoms with Crippen molar-refractivity contribution in [3.63, 3.8) is 0 Å². The molecule has 3 rings (SSSR count). The monoisotopic (exact) mass is 412 g/mol. The van der Waals surface area contributed by atoms with Crippen molar-refractivity contribution >= 4 is 31.9 Å². The van der Waals surface area contributed by atoms with Crippen LogP contribution in [0.15, 0.2) is 24.3 Å². The first-order chi connectivity index (χ1) is 10.1. The van der Waals surface area contributed by atoms with E-state index in [2.05, 4.69) is 63.0 Å². The minimum absolute atomic E-state index is 0.666. The van der Waals surface area contributed by atoms with Crippen molar-refractivity contribution in [1.82, 2.24) is 0 Å². The van der Waals surface area contributed by atoms with Gasteiger partial charge in [0, 0.05) is 9.65 Å². The second kappa shape index (κ2) is 7.17. The summed E-state index contributed by atoms with van der Waals surface area (Å²) in [5.74, 6) is 2.43. The lowest BCUT2D eigenvalue weighted by Crippen LogP contribution is -2.21. The average molecular weight is 414 g/mol. The summed E-state index contributed by atoms with van der Waals surface area (Å²) in [6.45, 7) is 2.41. The van der Waals surface area contributed by atoms with Gasteiger partial charge in [-0.25, -0.2) is 0 Å².